The lowest BCUT2D eigenvalue weighted by molar-refractivity contribution is -0.120. The van der Waals surface area contributed by atoms with Crippen LogP contribution in [-0.2, 0) is 16.6 Å². The molecule has 1 aliphatic carbocycles. The molecule has 0 amide bonds. The minimum atomic E-state index is -0.486. The number of benzene rings is 2. The van der Waals surface area contributed by atoms with Crippen LogP contribution in [0.15, 0.2) is 66.9 Å². The molecule has 0 bridgehead atoms. The number of ketones is 1. The molecule has 2 atom stereocenters. The zero-order chi connectivity index (χ0) is 21.8. The standard InChI is InChI=1S/C25H24FNO4/c1-29-23-11-6-17(13-24(23)30-2)25(16-31-20-9-7-18(26)8-10-20)15-21(25)22(28)14-19-5-3-4-12-27-19/h3-13,21H,14-16H2,1-2H3. The number of aromatic nitrogens is 1. The van der Waals surface area contributed by atoms with Crippen LogP contribution in [0, 0.1) is 11.7 Å². The maximum Gasteiger partial charge on any atom is 0.161 e. The Labute approximate surface area is 180 Å². The minimum absolute atomic E-state index is 0.121. The van der Waals surface area contributed by atoms with E-state index in [1.807, 2.05) is 36.4 Å². The van der Waals surface area contributed by atoms with E-state index >= 15 is 0 Å². The normalized spacial score (nSPS) is 19.5. The second-order valence-electron chi connectivity index (χ2n) is 7.69. The molecule has 1 fully saturated rings. The van der Waals surface area contributed by atoms with Gasteiger partial charge in [-0.1, -0.05) is 12.1 Å². The number of ether oxygens (including phenoxy) is 3. The van der Waals surface area contributed by atoms with Gasteiger partial charge in [0.25, 0.3) is 0 Å². The molecule has 3 aromatic rings. The lowest BCUT2D eigenvalue weighted by atomic mass is 9.91. The largest absolute Gasteiger partial charge is 0.493 e. The number of pyridine rings is 1. The molecule has 1 heterocycles. The minimum Gasteiger partial charge on any atom is -0.493 e. The van der Waals surface area contributed by atoms with Gasteiger partial charge in [0.2, 0.25) is 0 Å². The van der Waals surface area contributed by atoms with Crippen molar-refractivity contribution in [2.45, 2.75) is 18.3 Å². The van der Waals surface area contributed by atoms with E-state index in [-0.39, 0.29) is 23.9 Å². The maximum absolute atomic E-state index is 13.2. The van der Waals surface area contributed by atoms with Gasteiger partial charge >= 0.3 is 0 Å². The molecule has 0 radical (unpaired) electrons. The third-order valence-corrected chi connectivity index (χ3v) is 5.81. The fraction of sp³-hybridized carbons (Fsp3) is 0.280. The molecule has 2 unspecified atom stereocenters. The summed E-state index contributed by atoms with van der Waals surface area (Å²) in [5.74, 6) is 1.38. The molecule has 1 aromatic heterocycles. The Morgan fingerprint density at radius 2 is 1.84 bits per heavy atom. The average molecular weight is 421 g/mol. The van der Waals surface area contributed by atoms with E-state index in [1.165, 1.54) is 12.1 Å². The monoisotopic (exact) mass is 421 g/mol. The summed E-state index contributed by atoms with van der Waals surface area (Å²) in [5, 5.41) is 0. The third kappa shape index (κ3) is 4.38. The van der Waals surface area contributed by atoms with Crippen molar-refractivity contribution in [3.05, 3.63) is 83.9 Å². The molecule has 0 saturated heterocycles. The van der Waals surface area contributed by atoms with Gasteiger partial charge in [0.05, 0.1) is 20.8 Å². The molecule has 1 aliphatic rings. The fourth-order valence-corrected chi connectivity index (χ4v) is 3.98. The van der Waals surface area contributed by atoms with Crippen LogP contribution in [0.2, 0.25) is 0 Å². The van der Waals surface area contributed by atoms with Crippen LogP contribution in [-0.4, -0.2) is 31.6 Å². The van der Waals surface area contributed by atoms with Gasteiger partial charge in [0.15, 0.2) is 11.5 Å². The van der Waals surface area contributed by atoms with Crippen LogP contribution in [0.4, 0.5) is 4.39 Å². The Morgan fingerprint density at radius 1 is 1.06 bits per heavy atom. The lowest BCUT2D eigenvalue weighted by Gasteiger charge is -2.20. The summed E-state index contributed by atoms with van der Waals surface area (Å²) < 4.78 is 30.0. The number of hydrogen-bond donors (Lipinski definition) is 0. The average Bonchev–Trinajstić information content (AvgIpc) is 3.55. The van der Waals surface area contributed by atoms with Crippen molar-refractivity contribution < 1.29 is 23.4 Å². The molecule has 6 heteroatoms. The molecule has 0 N–H and O–H groups in total. The van der Waals surface area contributed by atoms with Crippen LogP contribution < -0.4 is 14.2 Å². The highest BCUT2D eigenvalue weighted by atomic mass is 19.1. The van der Waals surface area contributed by atoms with Crippen molar-refractivity contribution in [1.29, 1.82) is 0 Å². The summed E-state index contributed by atoms with van der Waals surface area (Å²) in [5.41, 5.74) is 1.21. The van der Waals surface area contributed by atoms with Crippen LogP contribution >= 0.6 is 0 Å². The van der Waals surface area contributed by atoms with Crippen LogP contribution in [0.5, 0.6) is 17.2 Å². The number of rotatable bonds is 9. The van der Waals surface area contributed by atoms with Gasteiger partial charge in [-0.2, -0.15) is 0 Å². The molecule has 4 rings (SSSR count). The van der Waals surface area contributed by atoms with Crippen LogP contribution in [0.25, 0.3) is 0 Å². The predicted octanol–water partition coefficient (Wildman–Crippen LogP) is 4.39. The third-order valence-electron chi connectivity index (χ3n) is 5.81. The predicted molar refractivity (Wildman–Crippen MR) is 114 cm³/mol. The van der Waals surface area contributed by atoms with Crippen LogP contribution in [0.3, 0.4) is 0 Å². The molecular formula is C25H24FNO4. The first-order valence-corrected chi connectivity index (χ1v) is 10.1. The van der Waals surface area contributed by atoms with Crippen molar-refractivity contribution in [1.82, 2.24) is 4.98 Å². The van der Waals surface area contributed by atoms with Crippen molar-refractivity contribution in [2.75, 3.05) is 20.8 Å². The molecule has 5 nitrogen and oxygen atoms in total. The van der Waals surface area contributed by atoms with Crippen molar-refractivity contribution >= 4 is 5.78 Å². The number of Topliss-reactive ketones (excluding diaryl/α,β-unsaturated/α-hetero) is 1. The second kappa shape index (κ2) is 8.76. The van der Waals surface area contributed by atoms with Gasteiger partial charge in [-0.3, -0.25) is 9.78 Å². The summed E-state index contributed by atoms with van der Waals surface area (Å²) in [6, 6.07) is 17.1. The number of halogens is 1. The Bertz CT molecular complexity index is 1050. The van der Waals surface area contributed by atoms with E-state index in [0.717, 1.165) is 11.3 Å². The van der Waals surface area contributed by atoms with E-state index < -0.39 is 5.41 Å². The van der Waals surface area contributed by atoms with E-state index in [2.05, 4.69) is 4.98 Å². The summed E-state index contributed by atoms with van der Waals surface area (Å²) in [7, 11) is 3.17. The highest BCUT2D eigenvalue weighted by Gasteiger charge is 2.59. The zero-order valence-electron chi connectivity index (χ0n) is 17.5. The van der Waals surface area contributed by atoms with E-state index in [0.29, 0.717) is 30.3 Å². The first-order valence-electron chi connectivity index (χ1n) is 10.1. The zero-order valence-corrected chi connectivity index (χ0v) is 17.5. The van der Waals surface area contributed by atoms with E-state index in [4.69, 9.17) is 14.2 Å². The van der Waals surface area contributed by atoms with Crippen molar-refractivity contribution in [3.8, 4) is 17.2 Å². The summed E-state index contributed by atoms with van der Waals surface area (Å²) in [4.78, 5) is 17.4. The number of carbonyl (C=O) groups is 1. The van der Waals surface area contributed by atoms with E-state index in [1.54, 1.807) is 32.5 Å². The highest BCUT2D eigenvalue weighted by Crippen LogP contribution is 2.56. The first kappa shape index (κ1) is 20.8. The number of methoxy groups -OCH3 is 2. The first-order chi connectivity index (χ1) is 15.1. The van der Waals surface area contributed by atoms with Crippen molar-refractivity contribution in [3.63, 3.8) is 0 Å². The topological polar surface area (TPSA) is 57.7 Å². The van der Waals surface area contributed by atoms with Crippen molar-refractivity contribution in [2.24, 2.45) is 5.92 Å². The smallest absolute Gasteiger partial charge is 0.161 e. The number of carbonyl (C=O) groups excluding carboxylic acids is 1. The Balaban J connectivity index is 1.60. The lowest BCUT2D eigenvalue weighted by Crippen LogP contribution is -2.24. The molecule has 1 saturated carbocycles. The molecule has 160 valence electrons. The van der Waals surface area contributed by atoms with Gasteiger partial charge in [0, 0.05) is 29.6 Å². The number of nitrogens with zero attached hydrogens (tertiary/aromatic N) is 1. The van der Waals surface area contributed by atoms with Gasteiger partial charge in [-0.15, -0.1) is 0 Å². The SMILES string of the molecule is COc1ccc(C2(COc3ccc(F)cc3)CC2C(=O)Cc2ccccn2)cc1OC. The Kier molecular flexibility index (Phi) is 5.89. The quantitative estimate of drug-likeness (QED) is 0.513. The molecule has 2 aromatic carbocycles. The Morgan fingerprint density at radius 3 is 2.52 bits per heavy atom. The summed E-state index contributed by atoms with van der Waals surface area (Å²) in [6.45, 7) is 0.298. The molecule has 0 aliphatic heterocycles. The fourth-order valence-electron chi connectivity index (χ4n) is 3.98. The van der Waals surface area contributed by atoms with Gasteiger partial charge in [0.1, 0.15) is 17.3 Å². The van der Waals surface area contributed by atoms with Gasteiger partial charge in [-0.05, 0) is 60.5 Å². The molecular weight excluding hydrogens is 397 g/mol. The van der Waals surface area contributed by atoms with Gasteiger partial charge < -0.3 is 14.2 Å². The Hall–Kier alpha value is -3.41. The van der Waals surface area contributed by atoms with E-state index in [9.17, 15) is 9.18 Å². The maximum atomic E-state index is 13.2. The second-order valence-corrected chi connectivity index (χ2v) is 7.69. The highest BCUT2D eigenvalue weighted by molar-refractivity contribution is 5.88. The summed E-state index contributed by atoms with van der Waals surface area (Å²) in [6.07, 6.45) is 2.63. The molecule has 0 spiro atoms. The number of hydrogen-bond acceptors (Lipinski definition) is 5. The van der Waals surface area contributed by atoms with Crippen LogP contribution in [0.1, 0.15) is 17.7 Å². The summed E-state index contributed by atoms with van der Waals surface area (Å²) >= 11 is 0. The molecule has 31 heavy (non-hydrogen) atoms. The van der Waals surface area contributed by atoms with Gasteiger partial charge in [-0.25, -0.2) is 4.39 Å².